The van der Waals surface area contributed by atoms with E-state index in [0.717, 1.165) is 76.5 Å². The molecule has 2 saturated heterocycles. The van der Waals surface area contributed by atoms with Gasteiger partial charge in [0.1, 0.15) is 11.6 Å². The molecular formula is C45H47N9O4. The standard InChI is InChI=1S/C45H47N9O4/c1-46-45(57)58-41(31-11-5-4-6-12-31)44(56)54-24-10-16-39(54)43-48-27-35(50-43)30-19-17-29(18-20-30)34-22-21-33(26-47-34)36-28-49-42(51-36)38-15-9-23-53(38)40(55)25-32-13-7-8-14-37(32)52(2)3/h4-8,11-14,17-22,26-28,38-39,41H,9-10,15-16,23-25H2,1-3H3,(H,46,57)(H,48,50)(H,49,51)/t38-,39-,41+/m0/s1. The van der Waals surface area contributed by atoms with Crippen LogP contribution in [-0.4, -0.2) is 86.9 Å². The molecule has 3 aromatic heterocycles. The van der Waals surface area contributed by atoms with Crippen molar-refractivity contribution in [3.05, 3.63) is 132 Å². The topological polar surface area (TPSA) is 152 Å². The molecule has 8 rings (SSSR count). The van der Waals surface area contributed by atoms with E-state index in [-0.39, 0.29) is 23.9 Å². The fourth-order valence-electron chi connectivity index (χ4n) is 8.08. The van der Waals surface area contributed by atoms with Gasteiger partial charge in [-0.05, 0) is 55.0 Å². The molecule has 13 nitrogen and oxygen atoms in total. The van der Waals surface area contributed by atoms with Crippen molar-refractivity contribution in [2.24, 2.45) is 0 Å². The number of nitrogens with zero attached hydrogens (tertiary/aromatic N) is 6. The highest BCUT2D eigenvalue weighted by atomic mass is 16.6. The highest BCUT2D eigenvalue weighted by Crippen LogP contribution is 2.36. The summed E-state index contributed by atoms with van der Waals surface area (Å²) in [5.41, 5.74) is 8.03. The van der Waals surface area contributed by atoms with E-state index < -0.39 is 12.2 Å². The van der Waals surface area contributed by atoms with Crippen molar-refractivity contribution < 1.29 is 19.1 Å². The third kappa shape index (κ3) is 7.93. The number of amides is 3. The summed E-state index contributed by atoms with van der Waals surface area (Å²) in [7, 11) is 5.46. The van der Waals surface area contributed by atoms with Gasteiger partial charge < -0.3 is 34.7 Å². The number of anilines is 1. The Morgan fingerprint density at radius 3 is 2.00 bits per heavy atom. The number of carbonyl (C=O) groups excluding carboxylic acids is 3. The molecule has 3 N–H and O–H groups in total. The Hall–Kier alpha value is -6.76. The lowest BCUT2D eigenvalue weighted by Crippen LogP contribution is -2.38. The number of H-pyrrole nitrogens is 2. The molecule has 2 aliphatic rings. The first-order valence-corrected chi connectivity index (χ1v) is 19.7. The molecule has 58 heavy (non-hydrogen) atoms. The van der Waals surface area contributed by atoms with Crippen molar-refractivity contribution in [3.8, 4) is 33.8 Å². The number of pyridine rings is 1. The summed E-state index contributed by atoms with van der Waals surface area (Å²) in [6, 6.07) is 28.9. The van der Waals surface area contributed by atoms with Gasteiger partial charge in [-0.1, -0.05) is 72.8 Å². The molecule has 5 heterocycles. The molecule has 3 amide bonds. The van der Waals surface area contributed by atoms with E-state index in [0.29, 0.717) is 30.9 Å². The molecule has 13 heteroatoms. The SMILES string of the molecule is CNC(=O)O[C@@H](C(=O)N1CCC[C@H]1c1ncc(-c2ccc(-c3ccc(-c4cnc([C@@H]5CCCN5C(=O)Cc5ccccc5N(C)C)[nH]4)cn3)cc2)[nH]1)c1ccccc1. The van der Waals surface area contributed by atoms with Crippen LogP contribution in [0, 0.1) is 0 Å². The molecular weight excluding hydrogens is 731 g/mol. The lowest BCUT2D eigenvalue weighted by Gasteiger charge is -2.28. The van der Waals surface area contributed by atoms with E-state index >= 15 is 0 Å². The summed E-state index contributed by atoms with van der Waals surface area (Å²) >= 11 is 0. The van der Waals surface area contributed by atoms with Gasteiger partial charge in [0.05, 0.1) is 48.0 Å². The number of hydrogen-bond donors (Lipinski definition) is 3. The number of imidazole rings is 2. The van der Waals surface area contributed by atoms with Crippen LogP contribution in [0.3, 0.4) is 0 Å². The van der Waals surface area contributed by atoms with E-state index in [1.54, 1.807) is 23.2 Å². The van der Waals surface area contributed by atoms with Crippen LogP contribution in [0.15, 0.2) is 110 Å². The Bertz CT molecular complexity index is 2370. The number of ether oxygens (including phenoxy) is 1. The predicted octanol–water partition coefficient (Wildman–Crippen LogP) is 7.26. The van der Waals surface area contributed by atoms with Gasteiger partial charge in [0.25, 0.3) is 5.91 Å². The number of hydrogen-bond acceptors (Lipinski definition) is 8. The van der Waals surface area contributed by atoms with Crippen LogP contribution in [0.1, 0.15) is 66.6 Å². The number of alkyl carbamates (subject to hydrolysis) is 1. The van der Waals surface area contributed by atoms with Crippen LogP contribution in [0.4, 0.5) is 10.5 Å². The minimum Gasteiger partial charge on any atom is -0.431 e. The number of nitrogens with one attached hydrogen (secondary N) is 3. The van der Waals surface area contributed by atoms with Crippen LogP contribution in [0.2, 0.25) is 0 Å². The monoisotopic (exact) mass is 777 g/mol. The summed E-state index contributed by atoms with van der Waals surface area (Å²) in [6.45, 7) is 1.25. The molecule has 2 aliphatic heterocycles. The number of aromatic nitrogens is 5. The molecule has 2 fully saturated rings. The highest BCUT2D eigenvalue weighted by molar-refractivity contribution is 5.85. The summed E-state index contributed by atoms with van der Waals surface area (Å²) in [6.07, 6.45) is 7.43. The summed E-state index contributed by atoms with van der Waals surface area (Å²) in [5.74, 6) is 1.31. The zero-order valence-electron chi connectivity index (χ0n) is 32.9. The summed E-state index contributed by atoms with van der Waals surface area (Å²) < 4.78 is 5.56. The van der Waals surface area contributed by atoms with E-state index in [1.807, 2.05) is 115 Å². The fraction of sp³-hybridized carbons (Fsp3) is 0.289. The van der Waals surface area contributed by atoms with E-state index in [2.05, 4.69) is 20.3 Å². The predicted molar refractivity (Wildman–Crippen MR) is 221 cm³/mol. The molecule has 0 spiro atoms. The van der Waals surface area contributed by atoms with Crippen molar-refractivity contribution in [1.29, 1.82) is 0 Å². The Labute approximate surface area is 337 Å². The lowest BCUT2D eigenvalue weighted by molar-refractivity contribution is -0.142. The van der Waals surface area contributed by atoms with Crippen LogP contribution in [-0.2, 0) is 20.7 Å². The van der Waals surface area contributed by atoms with Gasteiger partial charge in [-0.15, -0.1) is 0 Å². The van der Waals surface area contributed by atoms with Crippen LogP contribution >= 0.6 is 0 Å². The van der Waals surface area contributed by atoms with E-state index in [1.165, 1.54) is 7.05 Å². The fourth-order valence-corrected chi connectivity index (χ4v) is 8.08. The number of carbonyl (C=O) groups is 3. The van der Waals surface area contributed by atoms with E-state index in [9.17, 15) is 14.4 Å². The molecule has 3 atom stereocenters. The van der Waals surface area contributed by atoms with Gasteiger partial charge in [-0.2, -0.15) is 0 Å². The Balaban J connectivity index is 0.917. The largest absolute Gasteiger partial charge is 0.431 e. The first kappa shape index (κ1) is 38.1. The van der Waals surface area contributed by atoms with Crippen molar-refractivity contribution in [1.82, 2.24) is 40.0 Å². The second-order valence-electron chi connectivity index (χ2n) is 15.0. The van der Waals surface area contributed by atoms with Gasteiger partial charge in [-0.25, -0.2) is 14.8 Å². The molecule has 0 saturated carbocycles. The Kier molecular flexibility index (Phi) is 11.0. The lowest BCUT2D eigenvalue weighted by atomic mass is 10.1. The minimum atomic E-state index is -1.06. The third-order valence-electron chi connectivity index (χ3n) is 11.1. The maximum atomic E-state index is 13.9. The molecule has 0 radical (unpaired) electrons. The van der Waals surface area contributed by atoms with Crippen molar-refractivity contribution in [2.75, 3.05) is 39.1 Å². The number of aromatic amines is 2. The normalized spacial score (nSPS) is 16.9. The third-order valence-corrected chi connectivity index (χ3v) is 11.1. The van der Waals surface area contributed by atoms with Crippen LogP contribution in [0.25, 0.3) is 33.8 Å². The van der Waals surface area contributed by atoms with Crippen LogP contribution in [0.5, 0.6) is 0 Å². The van der Waals surface area contributed by atoms with Gasteiger partial charge in [0.2, 0.25) is 12.0 Å². The molecule has 3 aromatic carbocycles. The van der Waals surface area contributed by atoms with Gasteiger partial charge in [0, 0.05) is 62.8 Å². The number of benzene rings is 3. The second-order valence-corrected chi connectivity index (χ2v) is 15.0. The van der Waals surface area contributed by atoms with Crippen molar-refractivity contribution >= 4 is 23.6 Å². The molecule has 296 valence electrons. The molecule has 6 aromatic rings. The Morgan fingerprint density at radius 2 is 1.34 bits per heavy atom. The first-order valence-electron chi connectivity index (χ1n) is 19.7. The number of rotatable bonds is 11. The van der Waals surface area contributed by atoms with Gasteiger partial charge in [0.15, 0.2) is 0 Å². The zero-order valence-corrected chi connectivity index (χ0v) is 32.9. The molecule has 0 unspecified atom stereocenters. The number of para-hydroxylation sites is 1. The Morgan fingerprint density at radius 1 is 0.741 bits per heavy atom. The van der Waals surface area contributed by atoms with Crippen molar-refractivity contribution in [3.63, 3.8) is 0 Å². The van der Waals surface area contributed by atoms with E-state index in [4.69, 9.17) is 14.7 Å². The highest BCUT2D eigenvalue weighted by Gasteiger charge is 2.38. The average Bonchev–Trinajstić information content (AvgIpc) is 4.10. The maximum absolute atomic E-state index is 13.9. The molecule has 0 bridgehead atoms. The first-order chi connectivity index (χ1) is 28.3. The summed E-state index contributed by atoms with van der Waals surface area (Å²) in [4.78, 5) is 66.5. The minimum absolute atomic E-state index is 0.0917. The second kappa shape index (κ2) is 16.8. The van der Waals surface area contributed by atoms with Crippen LogP contribution < -0.4 is 10.2 Å². The number of likely N-dealkylation sites (tertiary alicyclic amines) is 2. The maximum Gasteiger partial charge on any atom is 0.408 e. The zero-order chi connectivity index (χ0) is 40.2. The quantitative estimate of drug-likeness (QED) is 0.124. The van der Waals surface area contributed by atoms with Gasteiger partial charge in [-0.3, -0.25) is 14.6 Å². The summed E-state index contributed by atoms with van der Waals surface area (Å²) in [5, 5.41) is 2.45. The average molecular weight is 778 g/mol. The smallest absolute Gasteiger partial charge is 0.408 e. The molecule has 0 aliphatic carbocycles. The van der Waals surface area contributed by atoms with Gasteiger partial charge >= 0.3 is 6.09 Å². The van der Waals surface area contributed by atoms with Crippen molar-refractivity contribution in [2.45, 2.75) is 50.3 Å².